The minimum atomic E-state index is -0.200. The standard InChI is InChI=1S/C28H34N4O4/c1-3-29(15-9-17-31-25(33)21-11-5-6-12-22(21)26(31)34)19-20-30(4-2)16-10-18-32-27(35)23-13-7-8-14-24(23)28(32)36/h5-8,11-14H,3-4,9-10,15-20H2,1-2H3. The summed E-state index contributed by atoms with van der Waals surface area (Å²) in [7, 11) is 0. The van der Waals surface area contributed by atoms with Crippen LogP contribution in [0.1, 0.15) is 68.1 Å². The highest BCUT2D eigenvalue weighted by atomic mass is 16.2. The summed E-state index contributed by atoms with van der Waals surface area (Å²) < 4.78 is 0. The number of nitrogens with zero attached hydrogens (tertiary/aromatic N) is 4. The fourth-order valence-electron chi connectivity index (χ4n) is 4.93. The number of rotatable bonds is 13. The van der Waals surface area contributed by atoms with Crippen LogP contribution in [-0.2, 0) is 0 Å². The topological polar surface area (TPSA) is 81.2 Å². The summed E-state index contributed by atoms with van der Waals surface area (Å²) in [5, 5.41) is 0. The molecule has 2 aliphatic heterocycles. The molecule has 0 aromatic heterocycles. The van der Waals surface area contributed by atoms with Gasteiger partial charge in [0, 0.05) is 26.2 Å². The lowest BCUT2D eigenvalue weighted by Crippen LogP contribution is -2.39. The lowest BCUT2D eigenvalue weighted by molar-refractivity contribution is 0.0628. The van der Waals surface area contributed by atoms with Crippen LogP contribution < -0.4 is 0 Å². The fourth-order valence-corrected chi connectivity index (χ4v) is 4.93. The van der Waals surface area contributed by atoms with Crippen molar-refractivity contribution >= 4 is 23.6 Å². The zero-order valence-electron chi connectivity index (χ0n) is 21.1. The molecule has 190 valence electrons. The Hall–Kier alpha value is -3.36. The van der Waals surface area contributed by atoms with Crippen LogP contribution in [0.15, 0.2) is 48.5 Å². The Morgan fingerprint density at radius 3 is 1.11 bits per heavy atom. The maximum Gasteiger partial charge on any atom is 0.261 e. The van der Waals surface area contributed by atoms with E-state index in [0.29, 0.717) is 35.3 Å². The van der Waals surface area contributed by atoms with E-state index in [1.165, 1.54) is 9.80 Å². The van der Waals surface area contributed by atoms with Gasteiger partial charge in [-0.2, -0.15) is 0 Å². The molecular weight excluding hydrogens is 456 g/mol. The minimum absolute atomic E-state index is 0.200. The van der Waals surface area contributed by atoms with Crippen molar-refractivity contribution in [3.05, 3.63) is 70.8 Å². The quantitative estimate of drug-likeness (QED) is 0.402. The number of hydrogen-bond acceptors (Lipinski definition) is 6. The Morgan fingerprint density at radius 2 is 0.833 bits per heavy atom. The van der Waals surface area contributed by atoms with E-state index in [9.17, 15) is 19.2 Å². The van der Waals surface area contributed by atoms with Crippen molar-refractivity contribution in [1.29, 1.82) is 0 Å². The van der Waals surface area contributed by atoms with E-state index in [4.69, 9.17) is 0 Å². The van der Waals surface area contributed by atoms with Crippen LogP contribution in [0.25, 0.3) is 0 Å². The smallest absolute Gasteiger partial charge is 0.261 e. The number of benzene rings is 2. The third-order valence-corrected chi connectivity index (χ3v) is 7.10. The lowest BCUT2D eigenvalue weighted by Gasteiger charge is -2.27. The van der Waals surface area contributed by atoms with Crippen molar-refractivity contribution < 1.29 is 19.2 Å². The maximum absolute atomic E-state index is 12.5. The Balaban J connectivity index is 1.18. The van der Waals surface area contributed by atoms with Crippen LogP contribution in [0.4, 0.5) is 0 Å². The summed E-state index contributed by atoms with van der Waals surface area (Å²) in [6.07, 6.45) is 1.45. The van der Waals surface area contributed by atoms with Gasteiger partial charge < -0.3 is 9.80 Å². The van der Waals surface area contributed by atoms with Gasteiger partial charge in [-0.25, -0.2) is 0 Å². The Morgan fingerprint density at radius 1 is 0.528 bits per heavy atom. The van der Waals surface area contributed by atoms with E-state index in [1.807, 2.05) is 0 Å². The van der Waals surface area contributed by atoms with E-state index in [0.717, 1.165) is 52.1 Å². The molecule has 0 N–H and O–H groups in total. The zero-order chi connectivity index (χ0) is 25.7. The number of amides is 4. The molecule has 0 fully saturated rings. The van der Waals surface area contributed by atoms with Gasteiger partial charge in [0.1, 0.15) is 0 Å². The molecule has 0 unspecified atom stereocenters. The number of fused-ring (bicyclic) bond motifs is 2. The molecule has 0 spiro atoms. The third-order valence-electron chi connectivity index (χ3n) is 7.10. The average Bonchev–Trinajstić information content (AvgIpc) is 3.29. The summed E-state index contributed by atoms with van der Waals surface area (Å²) in [4.78, 5) is 57.5. The second kappa shape index (κ2) is 11.6. The predicted octanol–water partition coefficient (Wildman–Crippen LogP) is 3.00. The molecule has 0 bridgehead atoms. The summed E-state index contributed by atoms with van der Waals surface area (Å²) in [6, 6.07) is 14.0. The Labute approximate surface area is 212 Å². The molecule has 4 amide bonds. The summed E-state index contributed by atoms with van der Waals surface area (Å²) in [6.45, 7) is 10.2. The molecule has 0 saturated heterocycles. The minimum Gasteiger partial charge on any atom is -0.302 e. The molecule has 0 atom stereocenters. The first kappa shape index (κ1) is 25.7. The number of hydrogen-bond donors (Lipinski definition) is 0. The SMILES string of the molecule is CCN(CCCN1C(=O)c2ccccc2C1=O)CCN(CC)CCCN1C(=O)c2ccccc2C1=O. The van der Waals surface area contributed by atoms with E-state index < -0.39 is 0 Å². The molecule has 8 nitrogen and oxygen atoms in total. The van der Waals surface area contributed by atoms with Gasteiger partial charge in [0.2, 0.25) is 0 Å². The molecule has 8 heteroatoms. The fraction of sp³-hybridized carbons (Fsp3) is 0.429. The molecule has 2 aliphatic rings. The first-order chi connectivity index (χ1) is 17.5. The van der Waals surface area contributed by atoms with Crippen molar-refractivity contribution in [2.75, 3.05) is 52.4 Å². The lowest BCUT2D eigenvalue weighted by atomic mass is 10.1. The molecule has 2 heterocycles. The summed E-state index contributed by atoms with van der Waals surface area (Å²) in [5.41, 5.74) is 1.98. The normalized spacial score (nSPS) is 15.0. The van der Waals surface area contributed by atoms with Gasteiger partial charge in [0.15, 0.2) is 0 Å². The second-order valence-corrected chi connectivity index (χ2v) is 9.19. The third kappa shape index (κ3) is 5.24. The molecule has 2 aromatic rings. The molecule has 0 saturated carbocycles. The van der Waals surface area contributed by atoms with Crippen LogP contribution in [-0.4, -0.2) is 95.6 Å². The predicted molar refractivity (Wildman–Crippen MR) is 137 cm³/mol. The number of carbonyl (C=O) groups excluding carboxylic acids is 4. The van der Waals surface area contributed by atoms with Crippen LogP contribution in [0.5, 0.6) is 0 Å². The van der Waals surface area contributed by atoms with Gasteiger partial charge in [-0.05, 0) is 63.3 Å². The number of carbonyl (C=O) groups is 4. The summed E-state index contributed by atoms with van der Waals surface area (Å²) in [5.74, 6) is -0.800. The van der Waals surface area contributed by atoms with Gasteiger partial charge in [-0.3, -0.25) is 29.0 Å². The first-order valence-corrected chi connectivity index (χ1v) is 12.8. The molecule has 2 aromatic carbocycles. The Kier molecular flexibility index (Phi) is 8.28. The second-order valence-electron chi connectivity index (χ2n) is 9.19. The van der Waals surface area contributed by atoms with Crippen LogP contribution >= 0.6 is 0 Å². The first-order valence-electron chi connectivity index (χ1n) is 12.8. The number of likely N-dealkylation sites (N-methyl/N-ethyl adjacent to an activating group) is 2. The maximum atomic E-state index is 12.5. The monoisotopic (exact) mass is 490 g/mol. The van der Waals surface area contributed by atoms with E-state index >= 15 is 0 Å². The molecule has 0 radical (unpaired) electrons. The largest absolute Gasteiger partial charge is 0.302 e. The zero-order valence-corrected chi connectivity index (χ0v) is 21.1. The van der Waals surface area contributed by atoms with E-state index in [2.05, 4.69) is 23.6 Å². The van der Waals surface area contributed by atoms with Crippen molar-refractivity contribution in [2.45, 2.75) is 26.7 Å². The highest BCUT2D eigenvalue weighted by Crippen LogP contribution is 2.23. The molecular formula is C28H34N4O4. The Bertz CT molecular complexity index is 988. The van der Waals surface area contributed by atoms with Gasteiger partial charge >= 0.3 is 0 Å². The van der Waals surface area contributed by atoms with Crippen LogP contribution in [0.2, 0.25) is 0 Å². The van der Waals surface area contributed by atoms with Crippen molar-refractivity contribution in [3.8, 4) is 0 Å². The van der Waals surface area contributed by atoms with Gasteiger partial charge in [-0.1, -0.05) is 38.1 Å². The van der Waals surface area contributed by atoms with Gasteiger partial charge in [0.25, 0.3) is 23.6 Å². The molecule has 36 heavy (non-hydrogen) atoms. The van der Waals surface area contributed by atoms with Crippen molar-refractivity contribution in [3.63, 3.8) is 0 Å². The van der Waals surface area contributed by atoms with Gasteiger partial charge in [0.05, 0.1) is 22.3 Å². The molecule has 4 rings (SSSR count). The number of imide groups is 2. The highest BCUT2D eigenvalue weighted by Gasteiger charge is 2.35. The highest BCUT2D eigenvalue weighted by molar-refractivity contribution is 6.22. The summed E-state index contributed by atoms with van der Waals surface area (Å²) >= 11 is 0. The van der Waals surface area contributed by atoms with Crippen molar-refractivity contribution in [2.24, 2.45) is 0 Å². The van der Waals surface area contributed by atoms with Crippen molar-refractivity contribution in [1.82, 2.24) is 19.6 Å². The van der Waals surface area contributed by atoms with Gasteiger partial charge in [-0.15, -0.1) is 0 Å². The average molecular weight is 491 g/mol. The van der Waals surface area contributed by atoms with Crippen LogP contribution in [0, 0.1) is 0 Å². The van der Waals surface area contributed by atoms with Crippen LogP contribution in [0.3, 0.4) is 0 Å². The van der Waals surface area contributed by atoms with E-state index in [-0.39, 0.29) is 23.6 Å². The van der Waals surface area contributed by atoms with E-state index in [1.54, 1.807) is 48.5 Å². The molecule has 0 aliphatic carbocycles.